The Morgan fingerprint density at radius 1 is 1.26 bits per heavy atom. The van der Waals surface area contributed by atoms with Crippen LogP contribution < -0.4 is 4.74 Å². The summed E-state index contributed by atoms with van der Waals surface area (Å²) >= 11 is 0. The summed E-state index contributed by atoms with van der Waals surface area (Å²) in [5.74, 6) is 1.18. The van der Waals surface area contributed by atoms with Crippen LogP contribution in [0.3, 0.4) is 0 Å². The van der Waals surface area contributed by atoms with Crippen LogP contribution in [0.1, 0.15) is 35.2 Å². The van der Waals surface area contributed by atoms with Crippen LogP contribution >= 0.6 is 0 Å². The van der Waals surface area contributed by atoms with Gasteiger partial charge in [0.2, 0.25) is 0 Å². The molecular formula is C16H19NO2. The molecule has 3 aliphatic rings. The van der Waals surface area contributed by atoms with Crippen molar-refractivity contribution >= 4 is 5.78 Å². The molecule has 1 aromatic rings. The van der Waals surface area contributed by atoms with E-state index in [-0.39, 0.29) is 12.0 Å². The zero-order valence-corrected chi connectivity index (χ0v) is 11.3. The van der Waals surface area contributed by atoms with E-state index < -0.39 is 0 Å². The van der Waals surface area contributed by atoms with Crippen LogP contribution in [-0.4, -0.2) is 35.9 Å². The minimum atomic E-state index is 0.0600. The lowest BCUT2D eigenvalue weighted by atomic mass is 9.78. The maximum absolute atomic E-state index is 12.9. The molecule has 0 spiro atoms. The standard InChI is InChI=1S/C16H19NO2/c1-10-4-2-6-12-14(10)16(18)15-11-5-3-8-17(11)9-7-13(15)19-12/h2,4,6,11,13,15H,3,5,7-9H2,1H3/t11-,13-,15-/m0/s1. The van der Waals surface area contributed by atoms with Gasteiger partial charge in [0.1, 0.15) is 11.9 Å². The number of hydrogen-bond donors (Lipinski definition) is 0. The number of nitrogens with zero attached hydrogens (tertiary/aromatic N) is 1. The summed E-state index contributed by atoms with van der Waals surface area (Å²) in [5.41, 5.74) is 1.88. The first-order valence-electron chi connectivity index (χ1n) is 7.30. The van der Waals surface area contributed by atoms with Gasteiger partial charge in [-0.1, -0.05) is 12.1 Å². The van der Waals surface area contributed by atoms with Crippen LogP contribution in [0.4, 0.5) is 0 Å². The van der Waals surface area contributed by atoms with E-state index in [0.717, 1.165) is 42.8 Å². The Bertz CT molecular complexity index is 540. The molecule has 0 amide bonds. The molecule has 3 atom stereocenters. The van der Waals surface area contributed by atoms with Gasteiger partial charge in [0, 0.05) is 12.6 Å². The Balaban J connectivity index is 1.79. The third kappa shape index (κ3) is 1.57. The van der Waals surface area contributed by atoms with Crippen molar-refractivity contribution in [1.82, 2.24) is 4.90 Å². The van der Waals surface area contributed by atoms with Crippen LogP contribution in [0.5, 0.6) is 5.75 Å². The molecule has 3 nitrogen and oxygen atoms in total. The minimum Gasteiger partial charge on any atom is -0.489 e. The van der Waals surface area contributed by atoms with Crippen LogP contribution in [0, 0.1) is 12.8 Å². The summed E-state index contributed by atoms with van der Waals surface area (Å²) in [6, 6.07) is 6.35. The molecule has 0 unspecified atom stereocenters. The molecule has 19 heavy (non-hydrogen) atoms. The number of ether oxygens (including phenoxy) is 1. The molecular weight excluding hydrogens is 238 g/mol. The summed E-state index contributed by atoms with van der Waals surface area (Å²) in [5, 5.41) is 0. The molecule has 0 aromatic heterocycles. The van der Waals surface area contributed by atoms with Gasteiger partial charge >= 0.3 is 0 Å². The minimum absolute atomic E-state index is 0.0600. The van der Waals surface area contributed by atoms with Gasteiger partial charge in [0.25, 0.3) is 0 Å². The van der Waals surface area contributed by atoms with Crippen LogP contribution in [0.15, 0.2) is 18.2 Å². The van der Waals surface area contributed by atoms with Crippen molar-refractivity contribution in [3.8, 4) is 5.75 Å². The predicted molar refractivity (Wildman–Crippen MR) is 72.6 cm³/mol. The number of carbonyl (C=O) groups is 1. The van der Waals surface area contributed by atoms with E-state index in [2.05, 4.69) is 4.90 Å². The zero-order chi connectivity index (χ0) is 13.0. The van der Waals surface area contributed by atoms with E-state index in [0.29, 0.717) is 11.8 Å². The number of Topliss-reactive ketones (excluding diaryl/α,β-unsaturated/α-hetero) is 1. The summed E-state index contributed by atoms with van der Waals surface area (Å²) in [4.78, 5) is 15.4. The summed E-state index contributed by atoms with van der Waals surface area (Å²) in [6.45, 7) is 4.25. The third-order valence-electron chi connectivity index (χ3n) is 4.99. The van der Waals surface area contributed by atoms with Crippen molar-refractivity contribution in [2.75, 3.05) is 13.1 Å². The number of rotatable bonds is 0. The maximum atomic E-state index is 12.9. The zero-order valence-electron chi connectivity index (χ0n) is 11.3. The molecule has 0 N–H and O–H groups in total. The molecule has 0 saturated carbocycles. The normalized spacial score (nSPS) is 33.3. The number of benzene rings is 1. The first-order valence-corrected chi connectivity index (χ1v) is 7.30. The van der Waals surface area contributed by atoms with Gasteiger partial charge in [-0.3, -0.25) is 9.69 Å². The maximum Gasteiger partial charge on any atom is 0.175 e. The Labute approximate surface area is 113 Å². The highest BCUT2D eigenvalue weighted by atomic mass is 16.5. The van der Waals surface area contributed by atoms with E-state index >= 15 is 0 Å². The number of hydrogen-bond acceptors (Lipinski definition) is 3. The van der Waals surface area contributed by atoms with E-state index in [4.69, 9.17) is 4.74 Å². The molecule has 4 rings (SSSR count). The Kier molecular flexibility index (Phi) is 2.46. The van der Waals surface area contributed by atoms with Gasteiger partial charge in [-0.25, -0.2) is 0 Å². The number of ketones is 1. The van der Waals surface area contributed by atoms with Crippen molar-refractivity contribution in [1.29, 1.82) is 0 Å². The lowest BCUT2D eigenvalue weighted by Gasteiger charge is -2.44. The van der Waals surface area contributed by atoms with Crippen LogP contribution in [0.25, 0.3) is 0 Å². The van der Waals surface area contributed by atoms with Crippen molar-refractivity contribution in [2.45, 2.75) is 38.3 Å². The van der Waals surface area contributed by atoms with E-state index in [1.54, 1.807) is 0 Å². The summed E-state index contributed by atoms with van der Waals surface area (Å²) in [7, 11) is 0. The van der Waals surface area contributed by atoms with E-state index in [1.165, 1.54) is 6.42 Å². The number of fused-ring (bicyclic) bond motifs is 4. The van der Waals surface area contributed by atoms with Crippen molar-refractivity contribution < 1.29 is 9.53 Å². The molecule has 3 aliphatic heterocycles. The molecule has 0 bridgehead atoms. The average molecular weight is 257 g/mol. The Morgan fingerprint density at radius 2 is 2.16 bits per heavy atom. The van der Waals surface area contributed by atoms with Gasteiger partial charge in [-0.2, -0.15) is 0 Å². The first kappa shape index (κ1) is 11.5. The molecule has 3 heteroatoms. The SMILES string of the molecule is Cc1cccc2c1C(=O)[C@@H]1[C@H](CCN3CCC[C@@H]13)O2. The number of piperidine rings is 1. The fraction of sp³-hybridized carbons (Fsp3) is 0.562. The number of carbonyl (C=O) groups excluding carboxylic acids is 1. The van der Waals surface area contributed by atoms with Gasteiger partial charge in [0.05, 0.1) is 11.5 Å². The molecule has 100 valence electrons. The quantitative estimate of drug-likeness (QED) is 0.715. The molecule has 2 fully saturated rings. The van der Waals surface area contributed by atoms with E-state index in [1.807, 2.05) is 25.1 Å². The smallest absolute Gasteiger partial charge is 0.175 e. The topological polar surface area (TPSA) is 29.5 Å². The highest BCUT2D eigenvalue weighted by molar-refractivity contribution is 6.03. The molecule has 1 aromatic carbocycles. The lowest BCUT2D eigenvalue weighted by Crippen LogP contribution is -2.54. The summed E-state index contributed by atoms with van der Waals surface area (Å²) in [6.07, 6.45) is 3.46. The monoisotopic (exact) mass is 257 g/mol. The fourth-order valence-corrected chi connectivity index (χ4v) is 4.12. The highest BCUT2D eigenvalue weighted by Gasteiger charge is 2.48. The Morgan fingerprint density at radius 3 is 3.05 bits per heavy atom. The molecule has 0 radical (unpaired) electrons. The number of aryl methyl sites for hydroxylation is 1. The van der Waals surface area contributed by atoms with E-state index in [9.17, 15) is 4.79 Å². The second-order valence-corrected chi connectivity index (χ2v) is 6.03. The average Bonchev–Trinajstić information content (AvgIpc) is 2.86. The predicted octanol–water partition coefficient (Wildman–Crippen LogP) is 2.42. The third-order valence-corrected chi connectivity index (χ3v) is 4.99. The Hall–Kier alpha value is -1.35. The van der Waals surface area contributed by atoms with Gasteiger partial charge < -0.3 is 4.74 Å². The highest BCUT2D eigenvalue weighted by Crippen LogP contribution is 2.41. The molecule has 0 aliphatic carbocycles. The molecule has 2 saturated heterocycles. The van der Waals surface area contributed by atoms with Gasteiger partial charge in [0.15, 0.2) is 5.78 Å². The summed E-state index contributed by atoms with van der Waals surface area (Å²) < 4.78 is 6.15. The van der Waals surface area contributed by atoms with Crippen molar-refractivity contribution in [2.24, 2.45) is 5.92 Å². The second-order valence-electron chi connectivity index (χ2n) is 6.03. The van der Waals surface area contributed by atoms with Gasteiger partial charge in [-0.05, 0) is 44.4 Å². The fourth-order valence-electron chi connectivity index (χ4n) is 4.12. The van der Waals surface area contributed by atoms with Crippen molar-refractivity contribution in [3.05, 3.63) is 29.3 Å². The van der Waals surface area contributed by atoms with Crippen LogP contribution in [-0.2, 0) is 0 Å². The van der Waals surface area contributed by atoms with Crippen molar-refractivity contribution in [3.63, 3.8) is 0 Å². The van der Waals surface area contributed by atoms with Crippen LogP contribution in [0.2, 0.25) is 0 Å². The largest absolute Gasteiger partial charge is 0.489 e. The molecule has 3 heterocycles. The van der Waals surface area contributed by atoms with Gasteiger partial charge in [-0.15, -0.1) is 0 Å². The first-order chi connectivity index (χ1) is 9.25. The lowest BCUT2D eigenvalue weighted by molar-refractivity contribution is 0.0103. The second kappa shape index (κ2) is 4.07.